The second-order valence-corrected chi connectivity index (χ2v) is 9.95. The zero-order valence-electron chi connectivity index (χ0n) is 21.0. The van der Waals surface area contributed by atoms with Crippen LogP contribution in [0.25, 0.3) is 0 Å². The van der Waals surface area contributed by atoms with E-state index in [1.165, 1.54) is 0 Å². The molecule has 0 bridgehead atoms. The summed E-state index contributed by atoms with van der Waals surface area (Å²) in [5.74, 6) is 3.17. The molecular formula is C31H25Cl2FeN3O2. The van der Waals surface area contributed by atoms with E-state index in [4.69, 9.17) is 29.7 Å². The minimum atomic E-state index is 0.194. The second kappa shape index (κ2) is 15.0. The first kappa shape index (κ1) is 28.2. The SMILES string of the molecule is Cn1c(C=Nc2ccc(Oc3ccccc3)cc2)ccc1C=Nc1ccc(Oc2ccccc2)cc1.[Cl][Fe][Cl]. The fraction of sp³-hybridized carbons (Fsp3) is 0.0323. The fourth-order valence-electron chi connectivity index (χ4n) is 3.53. The van der Waals surface area contributed by atoms with Gasteiger partial charge in [-0.2, -0.15) is 0 Å². The molecule has 5 nitrogen and oxygen atoms in total. The summed E-state index contributed by atoms with van der Waals surface area (Å²) < 4.78 is 13.7. The number of hydrogen-bond acceptors (Lipinski definition) is 4. The number of benzene rings is 4. The summed E-state index contributed by atoms with van der Waals surface area (Å²) in [6, 6.07) is 38.9. The van der Waals surface area contributed by atoms with Gasteiger partial charge in [0.1, 0.15) is 23.0 Å². The molecule has 1 heterocycles. The van der Waals surface area contributed by atoms with Crippen LogP contribution in [0.15, 0.2) is 131 Å². The van der Waals surface area contributed by atoms with Gasteiger partial charge < -0.3 is 14.0 Å². The van der Waals surface area contributed by atoms with Crippen molar-refractivity contribution < 1.29 is 22.6 Å². The zero-order chi connectivity index (χ0) is 27.3. The summed E-state index contributed by atoms with van der Waals surface area (Å²) in [5.41, 5.74) is 3.66. The summed E-state index contributed by atoms with van der Waals surface area (Å²) in [5, 5.41) is 0. The Balaban J connectivity index is 0.00000112. The van der Waals surface area contributed by atoms with Crippen LogP contribution in [0.5, 0.6) is 23.0 Å². The fourth-order valence-corrected chi connectivity index (χ4v) is 3.53. The van der Waals surface area contributed by atoms with Gasteiger partial charge in [0, 0.05) is 7.05 Å². The molecule has 0 spiro atoms. The number of hydrogen-bond donors (Lipinski definition) is 0. The van der Waals surface area contributed by atoms with Crippen LogP contribution in [0.1, 0.15) is 11.4 Å². The summed E-state index contributed by atoms with van der Waals surface area (Å²) in [4.78, 5) is 9.20. The second-order valence-electron chi connectivity index (χ2n) is 8.13. The maximum absolute atomic E-state index is 5.84. The summed E-state index contributed by atoms with van der Waals surface area (Å²) in [6.45, 7) is 0. The van der Waals surface area contributed by atoms with Gasteiger partial charge in [-0.25, -0.2) is 0 Å². The Morgan fingerprint density at radius 1 is 0.538 bits per heavy atom. The number of para-hydroxylation sites is 2. The third-order valence-corrected chi connectivity index (χ3v) is 5.52. The number of nitrogens with zero attached hydrogens (tertiary/aromatic N) is 3. The molecule has 0 saturated carbocycles. The van der Waals surface area contributed by atoms with E-state index in [0.29, 0.717) is 0 Å². The molecule has 0 aliphatic rings. The van der Waals surface area contributed by atoms with Crippen LogP contribution in [0.3, 0.4) is 0 Å². The standard InChI is InChI=1S/C31H25N3O2.2ClH.Fe/c1-34-26(22-32-24-12-18-30(19-13-24)35-28-8-4-2-5-9-28)16-17-27(34)23-33-25-14-20-31(21-15-25)36-29-10-6-3-7-11-29;;;/h2-23H,1H3;2*1H;/q;;;+2/p-2. The number of rotatable bonds is 8. The number of ether oxygens (including phenoxy) is 2. The average Bonchev–Trinajstić information content (AvgIpc) is 3.33. The minimum absolute atomic E-state index is 0.194. The Kier molecular flexibility index (Phi) is 10.8. The Bertz CT molecular complexity index is 1380. The molecule has 5 rings (SSSR count). The Hall–Kier alpha value is -3.80. The number of aromatic nitrogens is 1. The Labute approximate surface area is 243 Å². The monoisotopic (exact) mass is 597 g/mol. The van der Waals surface area contributed by atoms with Crippen LogP contribution in [-0.2, 0) is 20.2 Å². The van der Waals surface area contributed by atoms with Crippen molar-refractivity contribution in [2.75, 3.05) is 0 Å². The van der Waals surface area contributed by atoms with Gasteiger partial charge in [0.2, 0.25) is 0 Å². The van der Waals surface area contributed by atoms with E-state index in [2.05, 4.69) is 9.98 Å². The summed E-state index contributed by atoms with van der Waals surface area (Å²) >= 11 is 0.194. The molecule has 0 saturated heterocycles. The van der Waals surface area contributed by atoms with Crippen molar-refractivity contribution in [2.24, 2.45) is 17.0 Å². The van der Waals surface area contributed by atoms with Gasteiger partial charge in [0.15, 0.2) is 0 Å². The first-order valence-electron chi connectivity index (χ1n) is 11.9. The Morgan fingerprint density at radius 2 is 0.872 bits per heavy atom. The molecule has 1 aromatic heterocycles. The van der Waals surface area contributed by atoms with Crippen molar-refractivity contribution >= 4 is 44.0 Å². The van der Waals surface area contributed by atoms with E-state index in [-0.39, 0.29) is 13.1 Å². The van der Waals surface area contributed by atoms with Crippen molar-refractivity contribution in [1.82, 2.24) is 4.57 Å². The molecule has 0 unspecified atom stereocenters. The third kappa shape index (κ3) is 8.88. The van der Waals surface area contributed by atoms with Crippen molar-refractivity contribution in [3.05, 3.63) is 133 Å². The van der Waals surface area contributed by atoms with E-state index in [1.807, 2.05) is 145 Å². The maximum atomic E-state index is 5.84. The van der Waals surface area contributed by atoms with Crippen LogP contribution < -0.4 is 9.47 Å². The average molecular weight is 598 g/mol. The molecule has 198 valence electrons. The Morgan fingerprint density at radius 3 is 1.23 bits per heavy atom. The molecule has 5 aromatic rings. The van der Waals surface area contributed by atoms with Gasteiger partial charge in [-0.3, -0.25) is 9.98 Å². The van der Waals surface area contributed by atoms with E-state index in [9.17, 15) is 0 Å². The van der Waals surface area contributed by atoms with Gasteiger partial charge in [0.05, 0.1) is 35.2 Å². The molecule has 0 N–H and O–H groups in total. The molecule has 8 heteroatoms. The van der Waals surface area contributed by atoms with E-state index < -0.39 is 0 Å². The van der Waals surface area contributed by atoms with Crippen molar-refractivity contribution in [2.45, 2.75) is 0 Å². The van der Waals surface area contributed by atoms with Gasteiger partial charge >= 0.3 is 33.3 Å². The van der Waals surface area contributed by atoms with Gasteiger partial charge in [-0.1, -0.05) is 36.4 Å². The zero-order valence-corrected chi connectivity index (χ0v) is 23.6. The van der Waals surface area contributed by atoms with Gasteiger partial charge in [-0.15, -0.1) is 0 Å². The van der Waals surface area contributed by atoms with Gasteiger partial charge in [-0.05, 0) is 84.9 Å². The topological polar surface area (TPSA) is 48.1 Å². The van der Waals surface area contributed by atoms with E-state index in [0.717, 1.165) is 45.8 Å². The predicted octanol–water partition coefficient (Wildman–Crippen LogP) is 9.49. The van der Waals surface area contributed by atoms with Crippen LogP contribution in [-0.4, -0.2) is 17.0 Å². The predicted molar refractivity (Wildman–Crippen MR) is 158 cm³/mol. The third-order valence-electron chi connectivity index (χ3n) is 5.52. The van der Waals surface area contributed by atoms with Crippen LogP contribution >= 0.6 is 20.2 Å². The first-order chi connectivity index (χ1) is 19.1. The van der Waals surface area contributed by atoms with E-state index >= 15 is 0 Å². The van der Waals surface area contributed by atoms with Crippen molar-refractivity contribution in [3.8, 4) is 23.0 Å². The number of aliphatic imine (C=N–C) groups is 2. The normalized spacial score (nSPS) is 10.9. The molecule has 0 amide bonds. The quantitative estimate of drug-likeness (QED) is 0.132. The van der Waals surface area contributed by atoms with Crippen molar-refractivity contribution in [3.63, 3.8) is 0 Å². The van der Waals surface area contributed by atoms with Crippen LogP contribution in [0.4, 0.5) is 11.4 Å². The number of halogens is 2. The molecular weight excluding hydrogens is 573 g/mol. The van der Waals surface area contributed by atoms with E-state index in [1.54, 1.807) is 0 Å². The molecule has 0 fully saturated rings. The molecule has 0 atom stereocenters. The molecule has 4 aromatic carbocycles. The summed E-state index contributed by atoms with van der Waals surface area (Å²) in [6.07, 6.45) is 3.69. The van der Waals surface area contributed by atoms with Crippen LogP contribution in [0, 0.1) is 0 Å². The molecule has 0 radical (unpaired) electrons. The first-order valence-corrected chi connectivity index (χ1v) is 14.9. The van der Waals surface area contributed by atoms with Gasteiger partial charge in [0.25, 0.3) is 0 Å². The summed E-state index contributed by atoms with van der Waals surface area (Å²) in [7, 11) is 11.5. The van der Waals surface area contributed by atoms with Crippen LogP contribution in [0.2, 0.25) is 0 Å². The molecule has 0 aliphatic heterocycles. The molecule has 0 aliphatic carbocycles. The van der Waals surface area contributed by atoms with Crippen molar-refractivity contribution in [1.29, 1.82) is 0 Å². The molecule has 39 heavy (non-hydrogen) atoms.